The second kappa shape index (κ2) is 6.36. The molecule has 3 aromatic rings. The van der Waals surface area contributed by atoms with E-state index in [-0.39, 0.29) is 6.10 Å². The van der Waals surface area contributed by atoms with E-state index in [4.69, 9.17) is 9.47 Å². The Labute approximate surface area is 153 Å². The van der Waals surface area contributed by atoms with E-state index in [1.54, 1.807) is 7.11 Å². The Hall–Kier alpha value is -2.46. The van der Waals surface area contributed by atoms with Crippen LogP contribution in [0.2, 0.25) is 0 Å². The van der Waals surface area contributed by atoms with Gasteiger partial charge in [0.15, 0.2) is 11.5 Å². The third kappa shape index (κ3) is 2.40. The van der Waals surface area contributed by atoms with Gasteiger partial charge in [-0.3, -0.25) is 0 Å². The van der Waals surface area contributed by atoms with Crippen LogP contribution >= 0.6 is 0 Å². The lowest BCUT2D eigenvalue weighted by molar-refractivity contribution is 0.176. The van der Waals surface area contributed by atoms with Crippen LogP contribution < -0.4 is 14.8 Å². The summed E-state index contributed by atoms with van der Waals surface area (Å²) in [5, 5.41) is 4.94. The summed E-state index contributed by atoms with van der Waals surface area (Å²) < 4.78 is 14.5. The van der Waals surface area contributed by atoms with E-state index in [0.29, 0.717) is 0 Å². The molecule has 0 spiro atoms. The number of methoxy groups -OCH3 is 1. The zero-order valence-electron chi connectivity index (χ0n) is 15.1. The summed E-state index contributed by atoms with van der Waals surface area (Å²) in [6.07, 6.45) is 3.28. The van der Waals surface area contributed by atoms with Crippen LogP contribution in [0.1, 0.15) is 29.3 Å². The van der Waals surface area contributed by atoms with Gasteiger partial charge in [0.05, 0.1) is 12.6 Å². The van der Waals surface area contributed by atoms with Crippen LogP contribution in [-0.2, 0) is 19.4 Å². The van der Waals surface area contributed by atoms with Crippen molar-refractivity contribution in [2.24, 2.45) is 0 Å². The molecule has 1 aromatic heterocycles. The average molecular weight is 348 g/mol. The predicted octanol–water partition coefficient (Wildman–Crippen LogP) is 3.86. The van der Waals surface area contributed by atoms with Gasteiger partial charge in [-0.2, -0.15) is 0 Å². The van der Waals surface area contributed by atoms with Crippen molar-refractivity contribution in [1.82, 2.24) is 9.88 Å². The molecule has 4 nitrogen and oxygen atoms in total. The Bertz CT molecular complexity index is 960. The zero-order valence-corrected chi connectivity index (χ0v) is 15.1. The SMILES string of the molecule is COc1ccccc1OC1CCn2c3c(c4cccc1c42)CCNCC3. The number of rotatable bonds is 3. The molecule has 134 valence electrons. The van der Waals surface area contributed by atoms with Crippen molar-refractivity contribution in [3.05, 3.63) is 59.3 Å². The first-order chi connectivity index (χ1) is 12.9. The number of para-hydroxylation sites is 3. The van der Waals surface area contributed by atoms with E-state index in [9.17, 15) is 0 Å². The summed E-state index contributed by atoms with van der Waals surface area (Å²) in [6, 6.07) is 14.6. The quantitative estimate of drug-likeness (QED) is 0.781. The molecule has 2 aromatic carbocycles. The summed E-state index contributed by atoms with van der Waals surface area (Å²) in [7, 11) is 1.69. The van der Waals surface area contributed by atoms with Gasteiger partial charge in [-0.25, -0.2) is 0 Å². The monoisotopic (exact) mass is 348 g/mol. The molecule has 5 rings (SSSR count). The normalized spacial score (nSPS) is 19.0. The number of ether oxygens (including phenoxy) is 2. The molecule has 26 heavy (non-hydrogen) atoms. The summed E-state index contributed by atoms with van der Waals surface area (Å²) in [4.78, 5) is 0. The van der Waals surface area contributed by atoms with Crippen LogP contribution in [0.3, 0.4) is 0 Å². The molecule has 0 fully saturated rings. The van der Waals surface area contributed by atoms with Crippen molar-refractivity contribution in [3.63, 3.8) is 0 Å². The third-order valence-electron chi connectivity index (χ3n) is 5.73. The van der Waals surface area contributed by atoms with Crippen LogP contribution in [0.4, 0.5) is 0 Å². The second-order valence-electron chi connectivity index (χ2n) is 7.12. The maximum Gasteiger partial charge on any atom is 0.162 e. The van der Waals surface area contributed by atoms with Gasteiger partial charge >= 0.3 is 0 Å². The topological polar surface area (TPSA) is 35.4 Å². The molecule has 0 bridgehead atoms. The highest BCUT2D eigenvalue weighted by Crippen LogP contribution is 2.41. The van der Waals surface area contributed by atoms with Gasteiger partial charge < -0.3 is 19.4 Å². The van der Waals surface area contributed by atoms with Crippen molar-refractivity contribution in [3.8, 4) is 11.5 Å². The summed E-state index contributed by atoms with van der Waals surface area (Å²) in [5.74, 6) is 1.62. The largest absolute Gasteiger partial charge is 0.493 e. The van der Waals surface area contributed by atoms with Gasteiger partial charge in [-0.15, -0.1) is 0 Å². The van der Waals surface area contributed by atoms with E-state index in [1.807, 2.05) is 24.3 Å². The number of hydrogen-bond donors (Lipinski definition) is 1. The van der Waals surface area contributed by atoms with Crippen LogP contribution in [0, 0.1) is 0 Å². The lowest BCUT2D eigenvalue weighted by Crippen LogP contribution is -2.21. The van der Waals surface area contributed by atoms with Crippen LogP contribution in [0.5, 0.6) is 11.5 Å². The molecule has 1 N–H and O–H groups in total. The first kappa shape index (κ1) is 15.8. The fourth-order valence-corrected chi connectivity index (χ4v) is 4.57. The first-order valence-corrected chi connectivity index (χ1v) is 9.50. The molecule has 1 atom stereocenters. The standard InChI is InChI=1S/C22H24N2O2/c1-25-20-7-2-3-8-21(20)26-19-11-14-24-18-10-13-23-12-9-15(18)16-5-4-6-17(19)22(16)24/h2-8,19,23H,9-14H2,1H3. The molecular weight excluding hydrogens is 324 g/mol. The Morgan fingerprint density at radius 2 is 1.85 bits per heavy atom. The maximum atomic E-state index is 6.43. The van der Waals surface area contributed by atoms with Crippen molar-refractivity contribution >= 4 is 10.9 Å². The minimum absolute atomic E-state index is 0.0687. The fourth-order valence-electron chi connectivity index (χ4n) is 4.57. The lowest BCUT2D eigenvalue weighted by atomic mass is 9.99. The molecule has 0 amide bonds. The summed E-state index contributed by atoms with van der Waals surface area (Å²) in [5.41, 5.74) is 5.74. The molecule has 1 unspecified atom stereocenters. The molecular formula is C22H24N2O2. The van der Waals surface area contributed by atoms with Crippen molar-refractivity contribution in [2.45, 2.75) is 31.9 Å². The Morgan fingerprint density at radius 1 is 1.00 bits per heavy atom. The highest BCUT2D eigenvalue weighted by molar-refractivity contribution is 5.89. The van der Waals surface area contributed by atoms with Gasteiger partial charge in [0.1, 0.15) is 6.10 Å². The van der Waals surface area contributed by atoms with Gasteiger partial charge in [-0.1, -0.05) is 30.3 Å². The molecule has 4 heteroatoms. The van der Waals surface area contributed by atoms with Gasteiger partial charge in [-0.05, 0) is 30.7 Å². The molecule has 2 aliphatic rings. The predicted molar refractivity (Wildman–Crippen MR) is 103 cm³/mol. The Balaban J connectivity index is 1.60. The molecule has 2 aliphatic heterocycles. The second-order valence-corrected chi connectivity index (χ2v) is 7.12. The smallest absolute Gasteiger partial charge is 0.162 e. The minimum Gasteiger partial charge on any atom is -0.493 e. The number of benzene rings is 2. The van der Waals surface area contributed by atoms with E-state index < -0.39 is 0 Å². The lowest BCUT2D eigenvalue weighted by Gasteiger charge is -2.27. The first-order valence-electron chi connectivity index (χ1n) is 9.50. The van der Waals surface area contributed by atoms with E-state index in [1.165, 1.54) is 27.7 Å². The fraction of sp³-hybridized carbons (Fsp3) is 0.364. The number of aromatic nitrogens is 1. The number of fused-ring (bicyclic) bond motifs is 3. The van der Waals surface area contributed by atoms with Crippen LogP contribution in [0.15, 0.2) is 42.5 Å². The molecule has 0 radical (unpaired) electrons. The van der Waals surface area contributed by atoms with Crippen molar-refractivity contribution in [2.75, 3.05) is 20.2 Å². The highest BCUT2D eigenvalue weighted by Gasteiger charge is 2.29. The number of aryl methyl sites for hydroxylation is 1. The zero-order chi connectivity index (χ0) is 17.5. The van der Waals surface area contributed by atoms with Gasteiger partial charge in [0.25, 0.3) is 0 Å². The number of hydrogen-bond acceptors (Lipinski definition) is 3. The van der Waals surface area contributed by atoms with Gasteiger partial charge in [0, 0.05) is 42.6 Å². The average Bonchev–Trinajstić information content (AvgIpc) is 2.84. The van der Waals surface area contributed by atoms with Gasteiger partial charge in [0.2, 0.25) is 0 Å². The molecule has 3 heterocycles. The van der Waals surface area contributed by atoms with E-state index in [0.717, 1.165) is 50.4 Å². The molecule has 0 aliphatic carbocycles. The molecule has 0 saturated heterocycles. The highest BCUT2D eigenvalue weighted by atomic mass is 16.5. The minimum atomic E-state index is 0.0687. The number of nitrogens with zero attached hydrogens (tertiary/aromatic N) is 1. The molecule has 0 saturated carbocycles. The third-order valence-corrected chi connectivity index (χ3v) is 5.73. The van der Waals surface area contributed by atoms with Crippen LogP contribution in [0.25, 0.3) is 10.9 Å². The van der Waals surface area contributed by atoms with E-state index >= 15 is 0 Å². The Morgan fingerprint density at radius 3 is 2.73 bits per heavy atom. The Kier molecular flexibility index (Phi) is 3.86. The van der Waals surface area contributed by atoms with Crippen LogP contribution in [-0.4, -0.2) is 24.8 Å². The summed E-state index contributed by atoms with van der Waals surface area (Å²) >= 11 is 0. The maximum absolute atomic E-state index is 6.43. The van der Waals surface area contributed by atoms with Crippen molar-refractivity contribution < 1.29 is 9.47 Å². The van der Waals surface area contributed by atoms with E-state index in [2.05, 4.69) is 28.1 Å². The summed E-state index contributed by atoms with van der Waals surface area (Å²) in [6.45, 7) is 3.15. The van der Waals surface area contributed by atoms with Crippen molar-refractivity contribution in [1.29, 1.82) is 0 Å². The number of nitrogens with one attached hydrogen (secondary N) is 1.